The summed E-state index contributed by atoms with van der Waals surface area (Å²) in [7, 11) is 0. The summed E-state index contributed by atoms with van der Waals surface area (Å²) < 4.78 is 14.9. The number of nitrogens with one attached hydrogen (secondary N) is 1. The van der Waals surface area contributed by atoms with E-state index in [1.165, 1.54) is 28.0 Å². The van der Waals surface area contributed by atoms with E-state index in [9.17, 15) is 9.18 Å². The molecule has 0 radical (unpaired) electrons. The molecule has 1 aromatic carbocycles. The first kappa shape index (κ1) is 13.2. The first-order valence-electron chi connectivity index (χ1n) is 6.05. The molecule has 0 bridgehead atoms. The maximum Gasteiger partial charge on any atom is 0.263 e. The minimum absolute atomic E-state index is 0.123. The predicted molar refractivity (Wildman–Crippen MR) is 81.5 cm³/mol. The zero-order valence-electron chi connectivity index (χ0n) is 10.6. The van der Waals surface area contributed by atoms with Crippen molar-refractivity contribution in [3.05, 3.63) is 62.2 Å². The molecule has 2 heterocycles. The number of fused-ring (bicyclic) bond motifs is 1. The summed E-state index contributed by atoms with van der Waals surface area (Å²) in [6.45, 7) is 1.87. The van der Waals surface area contributed by atoms with Crippen molar-refractivity contribution in [1.82, 2.24) is 9.55 Å². The Morgan fingerprint density at radius 1 is 1.30 bits per heavy atom. The van der Waals surface area contributed by atoms with Gasteiger partial charge in [0.15, 0.2) is 4.77 Å². The normalized spacial score (nSPS) is 12.7. The van der Waals surface area contributed by atoms with Gasteiger partial charge in [0, 0.05) is 0 Å². The average Bonchev–Trinajstić information content (AvgIpc) is 2.87. The van der Waals surface area contributed by atoms with Gasteiger partial charge < -0.3 is 4.98 Å². The average molecular weight is 306 g/mol. The van der Waals surface area contributed by atoms with Crippen molar-refractivity contribution in [2.45, 2.75) is 13.0 Å². The number of hydrogen-bond acceptors (Lipinski definition) is 3. The molecule has 2 aromatic heterocycles. The van der Waals surface area contributed by atoms with E-state index < -0.39 is 0 Å². The van der Waals surface area contributed by atoms with Crippen LogP contribution in [0.15, 0.2) is 40.5 Å². The third-order valence-electron chi connectivity index (χ3n) is 3.29. The lowest BCUT2D eigenvalue weighted by molar-refractivity contribution is 0.593. The number of nitrogens with zero attached hydrogens (tertiary/aromatic N) is 1. The number of benzene rings is 1. The van der Waals surface area contributed by atoms with Crippen molar-refractivity contribution < 1.29 is 4.39 Å². The number of thiophene rings is 1. The maximum atomic E-state index is 13.0. The molecule has 20 heavy (non-hydrogen) atoms. The predicted octanol–water partition coefficient (Wildman–Crippen LogP) is 3.87. The molecule has 102 valence electrons. The highest BCUT2D eigenvalue weighted by Crippen LogP contribution is 2.20. The second-order valence-electron chi connectivity index (χ2n) is 4.50. The second kappa shape index (κ2) is 4.96. The molecule has 0 saturated carbocycles. The zero-order chi connectivity index (χ0) is 14.3. The molecule has 6 heteroatoms. The third-order valence-corrected chi connectivity index (χ3v) is 4.42. The molecule has 0 aliphatic carbocycles. The Bertz CT molecular complexity index is 877. The monoisotopic (exact) mass is 306 g/mol. The topological polar surface area (TPSA) is 37.8 Å². The van der Waals surface area contributed by atoms with Crippen LogP contribution in [0.2, 0.25) is 0 Å². The molecule has 1 N–H and O–H groups in total. The molecule has 0 spiro atoms. The lowest BCUT2D eigenvalue weighted by Gasteiger charge is -2.15. The Labute approximate surface area is 123 Å². The van der Waals surface area contributed by atoms with E-state index in [0.29, 0.717) is 10.2 Å². The van der Waals surface area contributed by atoms with E-state index in [4.69, 9.17) is 12.2 Å². The lowest BCUT2D eigenvalue weighted by atomic mass is 10.1. The molecule has 1 unspecified atom stereocenters. The zero-order valence-corrected chi connectivity index (χ0v) is 12.2. The van der Waals surface area contributed by atoms with Gasteiger partial charge in [-0.05, 0) is 48.3 Å². The van der Waals surface area contributed by atoms with E-state index in [2.05, 4.69) is 4.98 Å². The van der Waals surface area contributed by atoms with Crippen LogP contribution in [0, 0.1) is 10.6 Å². The summed E-state index contributed by atoms with van der Waals surface area (Å²) in [5, 5.41) is 2.47. The van der Waals surface area contributed by atoms with Gasteiger partial charge in [-0.2, -0.15) is 0 Å². The number of aromatic nitrogens is 2. The van der Waals surface area contributed by atoms with Crippen LogP contribution in [0.3, 0.4) is 0 Å². The van der Waals surface area contributed by atoms with Gasteiger partial charge >= 0.3 is 0 Å². The Hall–Kier alpha value is -1.79. The molecule has 3 rings (SSSR count). The highest BCUT2D eigenvalue weighted by atomic mass is 32.1. The quantitative estimate of drug-likeness (QED) is 0.730. The van der Waals surface area contributed by atoms with E-state index in [-0.39, 0.29) is 17.4 Å². The molecule has 0 aliphatic heterocycles. The molecular formula is C14H11FN2OS2. The van der Waals surface area contributed by atoms with Crippen LogP contribution < -0.4 is 5.56 Å². The van der Waals surface area contributed by atoms with Gasteiger partial charge in [0.2, 0.25) is 0 Å². The molecule has 1 atom stereocenters. The summed E-state index contributed by atoms with van der Waals surface area (Å²) in [6, 6.07) is 7.62. The van der Waals surface area contributed by atoms with Gasteiger partial charge in [0.05, 0.1) is 11.4 Å². The Balaban J connectivity index is 2.21. The standard InChI is InChI=1S/C14H11FN2OS2/c1-8(9-2-4-10(15)5-3-9)17-13(18)11-6-7-20-12(11)16-14(17)19/h2-8H,1H3,(H,16,19). The second-order valence-corrected chi connectivity index (χ2v) is 5.80. The van der Waals surface area contributed by atoms with Crippen molar-refractivity contribution >= 4 is 33.8 Å². The fourth-order valence-corrected chi connectivity index (χ4v) is 3.38. The van der Waals surface area contributed by atoms with E-state index >= 15 is 0 Å². The van der Waals surface area contributed by atoms with E-state index in [1.807, 2.05) is 12.3 Å². The largest absolute Gasteiger partial charge is 0.323 e. The van der Waals surface area contributed by atoms with Crippen LogP contribution in [-0.4, -0.2) is 9.55 Å². The summed E-state index contributed by atoms with van der Waals surface area (Å²) in [4.78, 5) is 16.3. The third kappa shape index (κ3) is 2.10. The molecule has 3 aromatic rings. The van der Waals surface area contributed by atoms with E-state index in [1.54, 1.807) is 18.2 Å². The Kier molecular flexibility index (Phi) is 3.27. The maximum absolute atomic E-state index is 13.0. The smallest absolute Gasteiger partial charge is 0.263 e. The number of H-pyrrole nitrogens is 1. The van der Waals surface area contributed by atoms with Crippen LogP contribution in [0.4, 0.5) is 4.39 Å². The molecule has 0 fully saturated rings. The number of halogens is 1. The highest BCUT2D eigenvalue weighted by Gasteiger charge is 2.14. The van der Waals surface area contributed by atoms with Crippen molar-refractivity contribution in [3.8, 4) is 0 Å². The molecule has 0 saturated heterocycles. The lowest BCUT2D eigenvalue weighted by Crippen LogP contribution is -2.25. The summed E-state index contributed by atoms with van der Waals surface area (Å²) in [5.74, 6) is -0.299. The van der Waals surface area contributed by atoms with Gasteiger partial charge in [0.25, 0.3) is 5.56 Å². The number of aromatic amines is 1. The van der Waals surface area contributed by atoms with Crippen LogP contribution in [0.5, 0.6) is 0 Å². The van der Waals surface area contributed by atoms with Crippen molar-refractivity contribution in [2.75, 3.05) is 0 Å². The Morgan fingerprint density at radius 3 is 2.70 bits per heavy atom. The van der Waals surface area contributed by atoms with Crippen LogP contribution >= 0.6 is 23.6 Å². The van der Waals surface area contributed by atoms with Gasteiger partial charge in [-0.3, -0.25) is 9.36 Å². The van der Waals surface area contributed by atoms with Crippen LogP contribution in [0.1, 0.15) is 18.5 Å². The van der Waals surface area contributed by atoms with Crippen LogP contribution in [0.25, 0.3) is 10.2 Å². The highest BCUT2D eigenvalue weighted by molar-refractivity contribution is 7.71. The summed E-state index contributed by atoms with van der Waals surface area (Å²) in [6.07, 6.45) is 0. The van der Waals surface area contributed by atoms with Gasteiger partial charge in [0.1, 0.15) is 10.6 Å². The number of rotatable bonds is 2. The minimum atomic E-state index is -0.299. The molecule has 0 amide bonds. The van der Waals surface area contributed by atoms with Gasteiger partial charge in [-0.25, -0.2) is 4.39 Å². The first-order chi connectivity index (χ1) is 9.58. The SMILES string of the molecule is CC(c1ccc(F)cc1)n1c(=S)[nH]c2sccc2c1=O. The summed E-state index contributed by atoms with van der Waals surface area (Å²) >= 11 is 6.72. The fourth-order valence-electron chi connectivity index (χ4n) is 2.20. The minimum Gasteiger partial charge on any atom is -0.323 e. The van der Waals surface area contributed by atoms with E-state index in [0.717, 1.165) is 10.4 Å². The van der Waals surface area contributed by atoms with Crippen molar-refractivity contribution in [3.63, 3.8) is 0 Å². The van der Waals surface area contributed by atoms with Crippen LogP contribution in [-0.2, 0) is 0 Å². The molecule has 0 aliphatic rings. The number of hydrogen-bond donors (Lipinski definition) is 1. The summed E-state index contributed by atoms with van der Waals surface area (Å²) in [5.41, 5.74) is 0.712. The Morgan fingerprint density at radius 2 is 2.00 bits per heavy atom. The van der Waals surface area contributed by atoms with Crippen molar-refractivity contribution in [1.29, 1.82) is 0 Å². The van der Waals surface area contributed by atoms with Gasteiger partial charge in [-0.15, -0.1) is 11.3 Å². The van der Waals surface area contributed by atoms with Crippen molar-refractivity contribution in [2.24, 2.45) is 0 Å². The molecular weight excluding hydrogens is 295 g/mol. The van der Waals surface area contributed by atoms with Gasteiger partial charge in [-0.1, -0.05) is 12.1 Å². The fraction of sp³-hybridized carbons (Fsp3) is 0.143. The first-order valence-corrected chi connectivity index (χ1v) is 7.34. The molecule has 3 nitrogen and oxygen atoms in total.